The molecule has 0 aliphatic heterocycles. The number of nitrogens with zero attached hydrogens (tertiary/aromatic N) is 2. The predicted molar refractivity (Wildman–Crippen MR) is 70.1 cm³/mol. The van der Waals surface area contributed by atoms with Crippen LogP contribution in [0, 0.1) is 13.8 Å². The second-order valence-electron chi connectivity index (χ2n) is 4.42. The highest BCUT2D eigenvalue weighted by molar-refractivity contribution is 5.91. The molecule has 0 aliphatic rings. The second-order valence-corrected chi connectivity index (χ2v) is 4.42. The lowest BCUT2D eigenvalue weighted by Crippen LogP contribution is -2.26. The van der Waals surface area contributed by atoms with Crippen molar-refractivity contribution in [1.29, 1.82) is 0 Å². The van der Waals surface area contributed by atoms with Crippen LogP contribution in [0.4, 0.5) is 0 Å². The Bertz CT molecular complexity index is 622. The number of imidazole rings is 1. The maximum atomic E-state index is 11.6. The molecule has 102 valence electrons. The van der Waals surface area contributed by atoms with Crippen molar-refractivity contribution in [2.24, 2.45) is 0 Å². The minimum atomic E-state index is -0.382. The van der Waals surface area contributed by atoms with Gasteiger partial charge < -0.3 is 15.3 Å². The zero-order chi connectivity index (χ0) is 13.8. The number of aromatic amines is 2. The maximum absolute atomic E-state index is 11.6. The first-order chi connectivity index (χ1) is 9.06. The molecule has 0 unspecified atom stereocenters. The van der Waals surface area contributed by atoms with Crippen molar-refractivity contribution in [2.45, 2.75) is 26.8 Å². The fourth-order valence-corrected chi connectivity index (χ4v) is 1.88. The van der Waals surface area contributed by atoms with Gasteiger partial charge in [0, 0.05) is 25.0 Å². The Kier molecular flexibility index (Phi) is 3.84. The minimum Gasteiger partial charge on any atom is -0.351 e. The molecule has 0 atom stereocenters. The first-order valence-corrected chi connectivity index (χ1v) is 6.13. The van der Waals surface area contributed by atoms with Gasteiger partial charge in [0.25, 0.3) is 5.91 Å². The summed E-state index contributed by atoms with van der Waals surface area (Å²) in [7, 11) is 0. The molecule has 0 spiro atoms. The zero-order valence-electron chi connectivity index (χ0n) is 11.0. The normalized spacial score (nSPS) is 10.6. The van der Waals surface area contributed by atoms with Crippen LogP contribution < -0.4 is 11.0 Å². The number of hydrogen-bond acceptors (Lipinski definition) is 3. The number of hydrogen-bond donors (Lipinski definition) is 3. The molecule has 0 bridgehead atoms. The number of carbonyl (C=O) groups is 1. The summed E-state index contributed by atoms with van der Waals surface area (Å²) in [6.45, 7) is 5.24. The molecule has 1 amide bonds. The maximum Gasteiger partial charge on any atom is 0.323 e. The van der Waals surface area contributed by atoms with E-state index in [4.69, 9.17) is 0 Å². The third kappa shape index (κ3) is 3.34. The second kappa shape index (κ2) is 5.55. The third-order valence-corrected chi connectivity index (χ3v) is 2.78. The zero-order valence-corrected chi connectivity index (χ0v) is 11.0. The number of H-pyrrole nitrogens is 2. The van der Waals surface area contributed by atoms with E-state index in [-0.39, 0.29) is 17.3 Å². The molecule has 2 rings (SSSR count). The summed E-state index contributed by atoms with van der Waals surface area (Å²) in [4.78, 5) is 27.3. The van der Waals surface area contributed by atoms with Crippen LogP contribution in [-0.2, 0) is 6.54 Å². The van der Waals surface area contributed by atoms with E-state index in [9.17, 15) is 9.59 Å². The fraction of sp³-hybridized carbons (Fsp3) is 0.417. The molecule has 7 nitrogen and oxygen atoms in total. The first-order valence-electron chi connectivity index (χ1n) is 6.13. The van der Waals surface area contributed by atoms with E-state index < -0.39 is 0 Å². The Morgan fingerprint density at radius 3 is 2.84 bits per heavy atom. The molecule has 2 aromatic rings. The fourth-order valence-electron chi connectivity index (χ4n) is 1.88. The minimum absolute atomic E-state index is 0.246. The van der Waals surface area contributed by atoms with Crippen molar-refractivity contribution in [1.82, 2.24) is 25.1 Å². The van der Waals surface area contributed by atoms with Crippen molar-refractivity contribution in [2.75, 3.05) is 6.54 Å². The van der Waals surface area contributed by atoms with Gasteiger partial charge >= 0.3 is 5.69 Å². The molecule has 0 radical (unpaired) electrons. The first kappa shape index (κ1) is 13.1. The Labute approximate surface area is 110 Å². The van der Waals surface area contributed by atoms with E-state index in [1.807, 2.05) is 24.6 Å². The van der Waals surface area contributed by atoms with Crippen LogP contribution in [0.15, 0.2) is 17.1 Å². The molecule has 0 aliphatic carbocycles. The Balaban J connectivity index is 1.77. The van der Waals surface area contributed by atoms with Crippen molar-refractivity contribution < 1.29 is 4.79 Å². The van der Waals surface area contributed by atoms with E-state index in [0.717, 1.165) is 24.4 Å². The van der Waals surface area contributed by atoms with Crippen LogP contribution in [0.1, 0.15) is 28.3 Å². The van der Waals surface area contributed by atoms with Crippen molar-refractivity contribution in [3.05, 3.63) is 39.8 Å². The van der Waals surface area contributed by atoms with E-state index in [1.165, 1.54) is 6.20 Å². The summed E-state index contributed by atoms with van der Waals surface area (Å²) in [5, 5.41) is 7.08. The molecule has 7 heteroatoms. The Hall–Kier alpha value is -2.31. The number of carbonyl (C=O) groups excluding carboxylic acids is 1. The molecule has 0 saturated carbocycles. The summed E-state index contributed by atoms with van der Waals surface area (Å²) in [5.74, 6) is -0.285. The number of aryl methyl sites for hydroxylation is 3. The standard InChI is InChI=1S/C12H17N5O2/c1-8-6-9(2)17(16-8)5-3-4-13-11(18)10-7-14-12(19)15-10/h6-7H,3-5H2,1-2H3,(H,13,18)(H2,14,15,19). The van der Waals surface area contributed by atoms with Crippen LogP contribution in [-0.4, -0.2) is 32.2 Å². The molecule has 0 aromatic carbocycles. The average Bonchev–Trinajstić information content (AvgIpc) is 2.91. The number of aromatic nitrogens is 4. The highest BCUT2D eigenvalue weighted by Crippen LogP contribution is 2.02. The Morgan fingerprint density at radius 1 is 1.47 bits per heavy atom. The van der Waals surface area contributed by atoms with E-state index in [1.54, 1.807) is 0 Å². The van der Waals surface area contributed by atoms with Crippen LogP contribution in [0.2, 0.25) is 0 Å². The SMILES string of the molecule is Cc1cc(C)n(CCCNC(=O)c2c[nH]c(=O)[nH]2)n1. The highest BCUT2D eigenvalue weighted by atomic mass is 16.2. The predicted octanol–water partition coefficient (Wildman–Crippen LogP) is 0.336. The number of nitrogens with one attached hydrogen (secondary N) is 3. The van der Waals surface area contributed by atoms with Gasteiger partial charge in [0.1, 0.15) is 5.69 Å². The number of amides is 1. The van der Waals surface area contributed by atoms with Gasteiger partial charge in [-0.2, -0.15) is 5.10 Å². The third-order valence-electron chi connectivity index (χ3n) is 2.78. The van der Waals surface area contributed by atoms with Gasteiger partial charge in [-0.15, -0.1) is 0 Å². The van der Waals surface area contributed by atoms with E-state index >= 15 is 0 Å². The van der Waals surface area contributed by atoms with Crippen LogP contribution in [0.25, 0.3) is 0 Å². The lowest BCUT2D eigenvalue weighted by atomic mass is 10.3. The van der Waals surface area contributed by atoms with Gasteiger partial charge in [0.2, 0.25) is 0 Å². The van der Waals surface area contributed by atoms with Crippen molar-refractivity contribution >= 4 is 5.91 Å². The molecular formula is C12H17N5O2. The largest absolute Gasteiger partial charge is 0.351 e. The molecule has 2 aromatic heterocycles. The lowest BCUT2D eigenvalue weighted by molar-refractivity contribution is 0.0948. The van der Waals surface area contributed by atoms with Crippen LogP contribution in [0.5, 0.6) is 0 Å². The van der Waals surface area contributed by atoms with Gasteiger partial charge in [-0.25, -0.2) is 4.79 Å². The summed E-state index contributed by atoms with van der Waals surface area (Å²) in [6.07, 6.45) is 2.14. The van der Waals surface area contributed by atoms with Crippen LogP contribution in [0.3, 0.4) is 0 Å². The average molecular weight is 263 g/mol. The van der Waals surface area contributed by atoms with Gasteiger partial charge in [-0.05, 0) is 26.3 Å². The smallest absolute Gasteiger partial charge is 0.323 e. The van der Waals surface area contributed by atoms with E-state index in [0.29, 0.717) is 6.54 Å². The highest BCUT2D eigenvalue weighted by Gasteiger charge is 2.07. The van der Waals surface area contributed by atoms with Gasteiger partial charge in [0.05, 0.1) is 5.69 Å². The molecular weight excluding hydrogens is 246 g/mol. The Morgan fingerprint density at radius 2 is 2.26 bits per heavy atom. The van der Waals surface area contributed by atoms with E-state index in [2.05, 4.69) is 20.4 Å². The summed E-state index contributed by atoms with van der Waals surface area (Å²) in [6, 6.07) is 2.02. The van der Waals surface area contributed by atoms with Crippen molar-refractivity contribution in [3.63, 3.8) is 0 Å². The monoisotopic (exact) mass is 263 g/mol. The van der Waals surface area contributed by atoms with Gasteiger partial charge in [-0.1, -0.05) is 0 Å². The molecule has 19 heavy (non-hydrogen) atoms. The topological polar surface area (TPSA) is 95.6 Å². The van der Waals surface area contributed by atoms with Crippen LogP contribution >= 0.6 is 0 Å². The molecule has 0 saturated heterocycles. The number of rotatable bonds is 5. The summed E-state index contributed by atoms with van der Waals surface area (Å²) in [5.41, 5.74) is 1.97. The van der Waals surface area contributed by atoms with Gasteiger partial charge in [-0.3, -0.25) is 9.48 Å². The summed E-state index contributed by atoms with van der Waals surface area (Å²) >= 11 is 0. The molecule has 3 N–H and O–H groups in total. The summed E-state index contributed by atoms with van der Waals surface area (Å²) < 4.78 is 1.92. The molecule has 0 fully saturated rings. The quantitative estimate of drug-likeness (QED) is 0.679. The lowest BCUT2D eigenvalue weighted by Gasteiger charge is -2.05. The van der Waals surface area contributed by atoms with Crippen molar-refractivity contribution in [3.8, 4) is 0 Å². The van der Waals surface area contributed by atoms with Gasteiger partial charge in [0.15, 0.2) is 0 Å². The molecule has 2 heterocycles.